The van der Waals surface area contributed by atoms with Gasteiger partial charge in [0.1, 0.15) is 11.8 Å². The number of amides is 2. The first-order chi connectivity index (χ1) is 9.42. The van der Waals surface area contributed by atoms with E-state index >= 15 is 0 Å². The average molecular weight is 278 g/mol. The van der Waals surface area contributed by atoms with Crippen LogP contribution in [0.3, 0.4) is 0 Å². The Morgan fingerprint density at radius 2 is 1.80 bits per heavy atom. The summed E-state index contributed by atoms with van der Waals surface area (Å²) < 4.78 is 5.43. The number of aryl methyl sites for hydroxylation is 2. The lowest BCUT2D eigenvalue weighted by Gasteiger charge is -2.14. The highest BCUT2D eigenvalue weighted by atomic mass is 16.5. The molecule has 0 aliphatic carbocycles. The summed E-state index contributed by atoms with van der Waals surface area (Å²) in [7, 11) is 0. The summed E-state index contributed by atoms with van der Waals surface area (Å²) in [6.07, 6.45) is 0. The molecule has 1 atom stereocenters. The monoisotopic (exact) mass is 278 g/mol. The lowest BCUT2D eigenvalue weighted by Crippen LogP contribution is -2.46. The number of likely N-dealkylation sites (N-methyl/N-ethyl adjacent to an activating group) is 1. The van der Waals surface area contributed by atoms with Crippen LogP contribution in [0.2, 0.25) is 0 Å². The summed E-state index contributed by atoms with van der Waals surface area (Å²) in [5, 5.41) is 5.23. The van der Waals surface area contributed by atoms with E-state index in [-0.39, 0.29) is 18.4 Å². The Labute approximate surface area is 119 Å². The summed E-state index contributed by atoms with van der Waals surface area (Å²) in [6.45, 7) is 7.84. The van der Waals surface area contributed by atoms with Gasteiger partial charge in [-0.1, -0.05) is 6.07 Å². The third-order valence-electron chi connectivity index (χ3n) is 2.69. The molecule has 0 saturated carbocycles. The van der Waals surface area contributed by atoms with E-state index in [0.29, 0.717) is 12.3 Å². The minimum Gasteiger partial charge on any atom is -0.484 e. The second kappa shape index (κ2) is 7.53. The van der Waals surface area contributed by atoms with Crippen LogP contribution in [0.25, 0.3) is 0 Å². The van der Waals surface area contributed by atoms with Gasteiger partial charge >= 0.3 is 0 Å². The highest BCUT2D eigenvalue weighted by Gasteiger charge is 2.14. The normalized spacial score (nSPS) is 11.6. The number of benzene rings is 1. The fourth-order valence-electron chi connectivity index (χ4n) is 1.84. The molecule has 20 heavy (non-hydrogen) atoms. The van der Waals surface area contributed by atoms with E-state index in [9.17, 15) is 9.59 Å². The van der Waals surface area contributed by atoms with Crippen LogP contribution >= 0.6 is 0 Å². The van der Waals surface area contributed by atoms with Gasteiger partial charge in [0.25, 0.3) is 5.91 Å². The molecule has 0 saturated heterocycles. The summed E-state index contributed by atoms with van der Waals surface area (Å²) in [4.78, 5) is 23.2. The minimum absolute atomic E-state index is 0.105. The zero-order chi connectivity index (χ0) is 15.1. The van der Waals surface area contributed by atoms with Crippen molar-refractivity contribution in [3.63, 3.8) is 0 Å². The third kappa shape index (κ3) is 5.30. The molecule has 5 nitrogen and oxygen atoms in total. The Morgan fingerprint density at radius 1 is 1.20 bits per heavy atom. The van der Waals surface area contributed by atoms with Crippen LogP contribution in [-0.4, -0.2) is 31.0 Å². The molecule has 0 aliphatic heterocycles. The van der Waals surface area contributed by atoms with Crippen molar-refractivity contribution in [1.82, 2.24) is 10.6 Å². The molecular weight excluding hydrogens is 256 g/mol. The van der Waals surface area contributed by atoms with Gasteiger partial charge in [0.15, 0.2) is 6.61 Å². The van der Waals surface area contributed by atoms with Gasteiger partial charge in [0, 0.05) is 6.54 Å². The Balaban J connectivity index is 2.45. The number of rotatable bonds is 6. The summed E-state index contributed by atoms with van der Waals surface area (Å²) in [5.74, 6) is 0.137. The van der Waals surface area contributed by atoms with E-state index in [1.165, 1.54) is 0 Å². The molecule has 2 N–H and O–H groups in total. The molecule has 0 aromatic heterocycles. The highest BCUT2D eigenvalue weighted by molar-refractivity contribution is 5.87. The van der Waals surface area contributed by atoms with Crippen molar-refractivity contribution in [2.75, 3.05) is 13.2 Å². The molecule has 110 valence electrons. The summed E-state index contributed by atoms with van der Waals surface area (Å²) >= 11 is 0. The molecule has 2 amide bonds. The minimum atomic E-state index is -0.565. The van der Waals surface area contributed by atoms with Crippen LogP contribution in [-0.2, 0) is 9.59 Å². The van der Waals surface area contributed by atoms with Gasteiger partial charge in [-0.25, -0.2) is 0 Å². The number of hydrogen-bond acceptors (Lipinski definition) is 3. The van der Waals surface area contributed by atoms with Crippen molar-refractivity contribution in [3.05, 3.63) is 29.3 Å². The Bertz CT molecular complexity index is 466. The fraction of sp³-hybridized carbons (Fsp3) is 0.467. The molecule has 5 heteroatoms. The molecule has 0 spiro atoms. The molecule has 0 radical (unpaired) electrons. The largest absolute Gasteiger partial charge is 0.484 e. The van der Waals surface area contributed by atoms with Crippen molar-refractivity contribution >= 4 is 11.8 Å². The van der Waals surface area contributed by atoms with Crippen LogP contribution in [0, 0.1) is 13.8 Å². The SMILES string of the molecule is CCNC(=O)C(C)NC(=O)COc1cc(C)cc(C)c1. The van der Waals surface area contributed by atoms with Gasteiger partial charge in [0.05, 0.1) is 0 Å². The number of carbonyl (C=O) groups excluding carboxylic acids is 2. The molecule has 1 aromatic rings. The first kappa shape index (κ1) is 16.0. The van der Waals surface area contributed by atoms with Gasteiger partial charge in [0.2, 0.25) is 5.91 Å². The molecule has 0 aliphatic rings. The number of carbonyl (C=O) groups is 2. The van der Waals surface area contributed by atoms with Crippen molar-refractivity contribution in [1.29, 1.82) is 0 Å². The van der Waals surface area contributed by atoms with Crippen LogP contribution < -0.4 is 15.4 Å². The molecule has 0 heterocycles. The van der Waals surface area contributed by atoms with E-state index in [1.54, 1.807) is 6.92 Å². The van der Waals surface area contributed by atoms with Crippen molar-refractivity contribution < 1.29 is 14.3 Å². The first-order valence-electron chi connectivity index (χ1n) is 6.70. The zero-order valence-corrected chi connectivity index (χ0v) is 12.4. The third-order valence-corrected chi connectivity index (χ3v) is 2.69. The van der Waals surface area contributed by atoms with E-state index < -0.39 is 6.04 Å². The quantitative estimate of drug-likeness (QED) is 0.824. The van der Waals surface area contributed by atoms with Crippen LogP contribution in [0.4, 0.5) is 0 Å². The van der Waals surface area contributed by atoms with Gasteiger partial charge in [-0.2, -0.15) is 0 Å². The fourth-order valence-corrected chi connectivity index (χ4v) is 1.84. The van der Waals surface area contributed by atoms with E-state index in [2.05, 4.69) is 10.6 Å². The van der Waals surface area contributed by atoms with E-state index in [1.807, 2.05) is 39.0 Å². The molecule has 0 bridgehead atoms. The Kier molecular flexibility index (Phi) is 6.03. The smallest absolute Gasteiger partial charge is 0.258 e. The Hall–Kier alpha value is -2.04. The Morgan fingerprint density at radius 3 is 2.35 bits per heavy atom. The van der Waals surface area contributed by atoms with Crippen LogP contribution in [0.1, 0.15) is 25.0 Å². The standard InChI is InChI=1S/C15H22N2O3/c1-5-16-15(19)12(4)17-14(18)9-20-13-7-10(2)6-11(3)8-13/h6-8,12H,5,9H2,1-4H3,(H,16,19)(H,17,18). The summed E-state index contributed by atoms with van der Waals surface area (Å²) in [6, 6.07) is 5.20. The van der Waals surface area contributed by atoms with Gasteiger partial charge < -0.3 is 15.4 Å². The molecule has 1 rings (SSSR count). The first-order valence-corrected chi connectivity index (χ1v) is 6.70. The molecule has 1 unspecified atom stereocenters. The number of ether oxygens (including phenoxy) is 1. The second-order valence-corrected chi connectivity index (χ2v) is 4.80. The average Bonchev–Trinajstić information content (AvgIpc) is 2.35. The lowest BCUT2D eigenvalue weighted by atomic mass is 10.1. The predicted molar refractivity (Wildman–Crippen MR) is 77.7 cm³/mol. The van der Waals surface area contributed by atoms with E-state index in [4.69, 9.17) is 4.74 Å². The van der Waals surface area contributed by atoms with E-state index in [0.717, 1.165) is 11.1 Å². The maximum absolute atomic E-state index is 11.7. The summed E-state index contributed by atoms with van der Waals surface area (Å²) in [5.41, 5.74) is 2.16. The van der Waals surface area contributed by atoms with Crippen molar-refractivity contribution in [2.45, 2.75) is 33.7 Å². The molecule has 1 aromatic carbocycles. The lowest BCUT2D eigenvalue weighted by molar-refractivity contribution is -0.129. The predicted octanol–water partition coefficient (Wildman–Crippen LogP) is 1.32. The van der Waals surface area contributed by atoms with Crippen molar-refractivity contribution in [2.24, 2.45) is 0 Å². The topological polar surface area (TPSA) is 67.4 Å². The zero-order valence-electron chi connectivity index (χ0n) is 12.4. The van der Waals surface area contributed by atoms with Crippen LogP contribution in [0.5, 0.6) is 5.75 Å². The highest BCUT2D eigenvalue weighted by Crippen LogP contribution is 2.15. The van der Waals surface area contributed by atoms with Crippen molar-refractivity contribution in [3.8, 4) is 5.75 Å². The van der Waals surface area contributed by atoms with Gasteiger partial charge in [-0.15, -0.1) is 0 Å². The number of hydrogen-bond donors (Lipinski definition) is 2. The van der Waals surface area contributed by atoms with Gasteiger partial charge in [-0.05, 0) is 51.0 Å². The molecule has 0 fully saturated rings. The maximum atomic E-state index is 11.7. The maximum Gasteiger partial charge on any atom is 0.258 e. The number of nitrogens with one attached hydrogen (secondary N) is 2. The molecular formula is C15H22N2O3. The van der Waals surface area contributed by atoms with Gasteiger partial charge in [-0.3, -0.25) is 9.59 Å². The second-order valence-electron chi connectivity index (χ2n) is 4.80. The van der Waals surface area contributed by atoms with Crippen LogP contribution in [0.15, 0.2) is 18.2 Å².